The highest BCUT2D eigenvalue weighted by Crippen LogP contribution is 2.38. The van der Waals surface area contributed by atoms with Gasteiger partial charge in [0.25, 0.3) is 14.2 Å². The van der Waals surface area contributed by atoms with Crippen LogP contribution in [0.1, 0.15) is 13.8 Å². The maximum atomic E-state index is 11.6. The fourth-order valence-electron chi connectivity index (χ4n) is 1.69. The summed E-state index contributed by atoms with van der Waals surface area (Å²) in [4.78, 5) is 0. The summed E-state index contributed by atoms with van der Waals surface area (Å²) in [5, 5.41) is 7.27. The number of hydrogen-bond donors (Lipinski definition) is 0. The summed E-state index contributed by atoms with van der Waals surface area (Å²) in [6, 6.07) is 1.63. The standard InChI is InChI=1S/C10H10Cl3N3O2S2/c1-5(2)4-16-9(6-3-7(11)19-8(6)12)14-15-10(16)20(13,17)18/h3,5H,4H2,1-2H3. The van der Waals surface area contributed by atoms with Crippen molar-refractivity contribution >= 4 is 54.3 Å². The van der Waals surface area contributed by atoms with Crippen LogP contribution in [0.3, 0.4) is 0 Å². The lowest BCUT2D eigenvalue weighted by Crippen LogP contribution is -2.11. The van der Waals surface area contributed by atoms with Gasteiger partial charge in [-0.05, 0) is 12.0 Å². The predicted molar refractivity (Wildman–Crippen MR) is 81.2 cm³/mol. The van der Waals surface area contributed by atoms with Crippen LogP contribution in [0.2, 0.25) is 8.67 Å². The predicted octanol–water partition coefficient (Wildman–Crippen LogP) is 3.90. The van der Waals surface area contributed by atoms with Crippen molar-refractivity contribution in [3.63, 3.8) is 0 Å². The zero-order valence-electron chi connectivity index (χ0n) is 10.5. The molecule has 110 valence electrons. The van der Waals surface area contributed by atoms with Gasteiger partial charge in [-0.3, -0.25) is 4.57 Å². The Morgan fingerprint density at radius 2 is 2.00 bits per heavy atom. The average molecular weight is 375 g/mol. The number of halogens is 3. The molecule has 2 aromatic rings. The third kappa shape index (κ3) is 3.28. The van der Waals surface area contributed by atoms with Crippen LogP contribution in [0.15, 0.2) is 11.2 Å². The van der Waals surface area contributed by atoms with Crippen molar-refractivity contribution < 1.29 is 8.42 Å². The van der Waals surface area contributed by atoms with Crippen molar-refractivity contribution in [2.24, 2.45) is 5.92 Å². The highest BCUT2D eigenvalue weighted by Gasteiger charge is 2.25. The first-order valence-corrected chi connectivity index (χ1v) is 9.41. The number of hydrogen-bond acceptors (Lipinski definition) is 5. The molecule has 0 unspecified atom stereocenters. The van der Waals surface area contributed by atoms with Crippen molar-refractivity contribution in [3.05, 3.63) is 14.7 Å². The zero-order valence-corrected chi connectivity index (χ0v) is 14.4. The lowest BCUT2D eigenvalue weighted by molar-refractivity contribution is 0.488. The first-order chi connectivity index (χ1) is 9.20. The Balaban J connectivity index is 2.65. The zero-order chi connectivity index (χ0) is 15.1. The van der Waals surface area contributed by atoms with Crippen molar-refractivity contribution in [2.75, 3.05) is 0 Å². The summed E-state index contributed by atoms with van der Waals surface area (Å²) in [5.74, 6) is 0.515. The maximum Gasteiger partial charge on any atom is 0.296 e. The summed E-state index contributed by atoms with van der Waals surface area (Å²) in [5.41, 5.74) is 0.543. The van der Waals surface area contributed by atoms with Crippen LogP contribution in [0, 0.1) is 5.92 Å². The molecule has 5 nitrogen and oxygen atoms in total. The fourth-order valence-corrected chi connectivity index (χ4v) is 4.05. The second kappa shape index (κ2) is 5.81. The normalized spacial score (nSPS) is 12.3. The van der Waals surface area contributed by atoms with Gasteiger partial charge in [0.2, 0.25) is 0 Å². The maximum absolute atomic E-state index is 11.6. The number of rotatable bonds is 4. The third-order valence-electron chi connectivity index (χ3n) is 2.38. The monoisotopic (exact) mass is 373 g/mol. The molecule has 0 bridgehead atoms. The van der Waals surface area contributed by atoms with Crippen LogP contribution in [-0.4, -0.2) is 23.2 Å². The summed E-state index contributed by atoms with van der Waals surface area (Å²) in [6.07, 6.45) is 0. The Morgan fingerprint density at radius 1 is 1.35 bits per heavy atom. The Hall–Kier alpha value is -0.340. The Morgan fingerprint density at radius 3 is 2.45 bits per heavy atom. The molecule has 0 atom stereocenters. The largest absolute Gasteiger partial charge is 0.297 e. The van der Waals surface area contributed by atoms with Crippen molar-refractivity contribution in [1.29, 1.82) is 0 Å². The van der Waals surface area contributed by atoms with E-state index in [0.717, 1.165) is 0 Å². The molecule has 0 fully saturated rings. The highest BCUT2D eigenvalue weighted by atomic mass is 35.7. The van der Waals surface area contributed by atoms with Gasteiger partial charge in [-0.2, -0.15) is 0 Å². The fraction of sp³-hybridized carbons (Fsp3) is 0.400. The van der Waals surface area contributed by atoms with E-state index in [9.17, 15) is 8.42 Å². The van der Waals surface area contributed by atoms with Gasteiger partial charge >= 0.3 is 0 Å². The number of thiophene rings is 1. The lowest BCUT2D eigenvalue weighted by atomic mass is 10.2. The first kappa shape index (κ1) is 16.0. The SMILES string of the molecule is CC(C)Cn1c(-c2cc(Cl)sc2Cl)nnc1S(=O)(=O)Cl. The molecule has 0 saturated heterocycles. The van der Waals surface area contributed by atoms with Gasteiger partial charge in [0, 0.05) is 17.2 Å². The number of nitrogens with zero attached hydrogens (tertiary/aromatic N) is 3. The van der Waals surface area contributed by atoms with Gasteiger partial charge in [-0.25, -0.2) is 8.42 Å². The quantitative estimate of drug-likeness (QED) is 0.761. The minimum atomic E-state index is -3.98. The van der Waals surface area contributed by atoms with E-state index < -0.39 is 9.05 Å². The second-order valence-corrected chi connectivity index (χ2v) is 9.23. The summed E-state index contributed by atoms with van der Waals surface area (Å²) in [7, 11) is 1.40. The smallest absolute Gasteiger partial charge is 0.296 e. The van der Waals surface area contributed by atoms with Gasteiger partial charge in [-0.1, -0.05) is 37.0 Å². The van der Waals surface area contributed by atoms with E-state index in [-0.39, 0.29) is 11.1 Å². The summed E-state index contributed by atoms with van der Waals surface area (Å²) < 4.78 is 25.5. The molecule has 2 heterocycles. The van der Waals surface area contributed by atoms with E-state index in [4.69, 9.17) is 33.9 Å². The Kier molecular flexibility index (Phi) is 4.66. The van der Waals surface area contributed by atoms with E-state index in [1.807, 2.05) is 13.8 Å². The van der Waals surface area contributed by atoms with E-state index in [1.54, 1.807) is 6.07 Å². The van der Waals surface area contributed by atoms with Crippen LogP contribution in [0.4, 0.5) is 0 Å². The van der Waals surface area contributed by atoms with E-state index in [0.29, 0.717) is 26.6 Å². The van der Waals surface area contributed by atoms with Gasteiger partial charge in [0.1, 0.15) is 4.34 Å². The van der Waals surface area contributed by atoms with Crippen LogP contribution in [0.5, 0.6) is 0 Å². The third-order valence-corrected chi connectivity index (χ3v) is 5.02. The van der Waals surface area contributed by atoms with Crippen LogP contribution >= 0.6 is 45.2 Å². The molecular weight excluding hydrogens is 365 g/mol. The number of aromatic nitrogens is 3. The topological polar surface area (TPSA) is 64.8 Å². The minimum absolute atomic E-state index is 0.176. The highest BCUT2D eigenvalue weighted by molar-refractivity contribution is 8.13. The lowest BCUT2D eigenvalue weighted by Gasteiger charge is -2.10. The minimum Gasteiger partial charge on any atom is -0.297 e. The Labute approximate surface area is 134 Å². The van der Waals surface area contributed by atoms with Crippen LogP contribution in [-0.2, 0) is 15.6 Å². The van der Waals surface area contributed by atoms with Crippen molar-refractivity contribution in [2.45, 2.75) is 25.5 Å². The van der Waals surface area contributed by atoms with Gasteiger partial charge in [-0.15, -0.1) is 21.5 Å². The molecular formula is C10H10Cl3N3O2S2. The van der Waals surface area contributed by atoms with E-state index in [2.05, 4.69) is 10.2 Å². The molecule has 2 rings (SSSR count). The van der Waals surface area contributed by atoms with Crippen molar-refractivity contribution in [1.82, 2.24) is 14.8 Å². The molecule has 0 aliphatic rings. The molecule has 10 heteroatoms. The molecule has 0 amide bonds. The van der Waals surface area contributed by atoms with Gasteiger partial charge in [0.15, 0.2) is 5.82 Å². The van der Waals surface area contributed by atoms with E-state index in [1.165, 1.54) is 15.9 Å². The average Bonchev–Trinajstić information content (AvgIpc) is 2.80. The van der Waals surface area contributed by atoms with Crippen molar-refractivity contribution in [3.8, 4) is 11.4 Å². The molecule has 0 spiro atoms. The molecule has 20 heavy (non-hydrogen) atoms. The van der Waals surface area contributed by atoms with Gasteiger partial charge < -0.3 is 0 Å². The molecule has 0 saturated carbocycles. The molecule has 2 aromatic heterocycles. The molecule has 0 N–H and O–H groups in total. The van der Waals surface area contributed by atoms with Crippen LogP contribution < -0.4 is 0 Å². The molecule has 0 aliphatic carbocycles. The molecule has 0 radical (unpaired) electrons. The Bertz CT molecular complexity index is 737. The van der Waals surface area contributed by atoms with Crippen LogP contribution in [0.25, 0.3) is 11.4 Å². The summed E-state index contributed by atoms with van der Waals surface area (Å²) >= 11 is 13.2. The first-order valence-electron chi connectivity index (χ1n) is 5.53. The summed E-state index contributed by atoms with van der Waals surface area (Å²) in [6.45, 7) is 4.28. The van der Waals surface area contributed by atoms with Gasteiger partial charge in [0.05, 0.1) is 9.90 Å². The van der Waals surface area contributed by atoms with E-state index >= 15 is 0 Å². The molecule has 0 aromatic carbocycles. The second-order valence-electron chi connectivity index (χ2n) is 4.49. The molecule has 0 aliphatic heterocycles.